The van der Waals surface area contributed by atoms with Gasteiger partial charge in [0.25, 0.3) is 0 Å². The first-order chi connectivity index (χ1) is 12.3. The number of ether oxygens (including phenoxy) is 1. The Labute approximate surface area is 153 Å². The van der Waals surface area contributed by atoms with E-state index in [1.807, 2.05) is 0 Å². The third-order valence-corrected chi connectivity index (χ3v) is 8.67. The molecule has 1 aromatic carbocycles. The van der Waals surface area contributed by atoms with Crippen LogP contribution >= 0.6 is 0 Å². The molecule has 6 aliphatic rings. The summed E-state index contributed by atoms with van der Waals surface area (Å²) >= 11 is 0. The molecule has 0 radical (unpaired) electrons. The van der Waals surface area contributed by atoms with Gasteiger partial charge in [-0.25, -0.2) is 0 Å². The van der Waals surface area contributed by atoms with Gasteiger partial charge in [0.2, 0.25) is 0 Å². The number of rotatable bonds is 1. The smallest absolute Gasteiger partial charge is 0.165 e. The third-order valence-electron chi connectivity index (χ3n) is 8.67. The second-order valence-electron chi connectivity index (χ2n) is 9.47. The number of likely N-dealkylation sites (tertiary alicyclic amines) is 1. The summed E-state index contributed by atoms with van der Waals surface area (Å²) in [5, 5.41) is 10.6. The lowest BCUT2D eigenvalue weighted by Crippen LogP contribution is -2.76. The van der Waals surface area contributed by atoms with Crippen LogP contribution in [0.3, 0.4) is 0 Å². The zero-order valence-electron chi connectivity index (χ0n) is 15.6. The summed E-state index contributed by atoms with van der Waals surface area (Å²) in [6, 6.07) is 4.27. The van der Waals surface area contributed by atoms with E-state index in [-0.39, 0.29) is 39.8 Å². The number of carbonyl (C=O) groups is 1. The van der Waals surface area contributed by atoms with Gasteiger partial charge in [0.15, 0.2) is 11.5 Å². The molecule has 2 spiro atoms. The van der Waals surface area contributed by atoms with Gasteiger partial charge in [-0.2, -0.15) is 0 Å². The van der Waals surface area contributed by atoms with E-state index in [1.165, 1.54) is 11.1 Å². The minimum absolute atomic E-state index is 0.0161. The summed E-state index contributed by atoms with van der Waals surface area (Å²) in [5.41, 5.74) is 2.08. The molecule has 6 atom stereocenters. The first kappa shape index (κ1) is 15.3. The standard InChI is InChI=1S/C22H25NO3/c1-12(24)14-11-21-7-6-20(14,2)19-22(21)8-9-23(3)16(21)10-13-4-5-15(25)18(26-19)17(13)22/h4-7,14,16,19,25H,8-11H2,1-3H3/t14-,16+,19-,20-,21+,22-/m0/s1. The number of aromatic hydroxyl groups is 1. The topological polar surface area (TPSA) is 49.8 Å². The van der Waals surface area contributed by atoms with E-state index in [9.17, 15) is 9.90 Å². The molecule has 1 N–H and O–H groups in total. The highest BCUT2D eigenvalue weighted by Crippen LogP contribution is 2.75. The molecule has 4 nitrogen and oxygen atoms in total. The number of fused-ring (bicyclic) bond motifs is 1. The van der Waals surface area contributed by atoms with Gasteiger partial charge in [0, 0.05) is 33.8 Å². The Hall–Kier alpha value is -1.81. The van der Waals surface area contributed by atoms with Crippen molar-refractivity contribution in [2.45, 2.75) is 50.7 Å². The molecule has 2 fully saturated rings. The van der Waals surface area contributed by atoms with Crippen LogP contribution in [0.1, 0.15) is 37.8 Å². The highest BCUT2D eigenvalue weighted by molar-refractivity contribution is 5.81. The number of phenolic OH excluding ortho intramolecular Hbond substituents is 1. The third kappa shape index (κ3) is 1.28. The molecule has 4 aliphatic carbocycles. The van der Waals surface area contributed by atoms with E-state index in [2.05, 4.69) is 37.1 Å². The van der Waals surface area contributed by atoms with Gasteiger partial charge in [-0.3, -0.25) is 4.79 Å². The number of piperidine rings is 1. The number of hydrogen-bond donors (Lipinski definition) is 1. The number of hydrogen-bond acceptors (Lipinski definition) is 4. The highest BCUT2D eigenvalue weighted by Gasteiger charge is 2.77. The number of carbonyl (C=O) groups excluding carboxylic acids is 1. The van der Waals surface area contributed by atoms with Crippen molar-refractivity contribution in [3.63, 3.8) is 0 Å². The summed E-state index contributed by atoms with van der Waals surface area (Å²) in [5.74, 6) is 1.19. The molecular weight excluding hydrogens is 326 g/mol. The second kappa shape index (κ2) is 4.19. The molecule has 1 saturated carbocycles. The number of ketones is 1. The predicted octanol–water partition coefficient (Wildman–Crippen LogP) is 2.82. The minimum atomic E-state index is -0.311. The van der Waals surface area contributed by atoms with Crippen LogP contribution in [0.5, 0.6) is 11.5 Å². The molecule has 0 unspecified atom stereocenters. The van der Waals surface area contributed by atoms with Gasteiger partial charge in [0.1, 0.15) is 11.9 Å². The van der Waals surface area contributed by atoms with Gasteiger partial charge in [-0.05, 0) is 51.4 Å². The van der Waals surface area contributed by atoms with E-state index in [0.29, 0.717) is 11.8 Å². The lowest BCUT2D eigenvalue weighted by molar-refractivity contribution is -0.171. The van der Waals surface area contributed by atoms with Crippen molar-refractivity contribution in [2.24, 2.45) is 16.7 Å². The normalized spacial score (nSPS) is 46.8. The molecule has 26 heavy (non-hydrogen) atoms. The first-order valence-electron chi connectivity index (χ1n) is 9.78. The summed E-state index contributed by atoms with van der Waals surface area (Å²) in [6.45, 7) is 4.97. The van der Waals surface area contributed by atoms with Crippen LogP contribution in [0.15, 0.2) is 24.3 Å². The van der Waals surface area contributed by atoms with Crippen molar-refractivity contribution in [1.29, 1.82) is 0 Å². The van der Waals surface area contributed by atoms with Gasteiger partial charge < -0.3 is 14.7 Å². The van der Waals surface area contributed by atoms with Gasteiger partial charge >= 0.3 is 0 Å². The van der Waals surface area contributed by atoms with Crippen LogP contribution in [-0.2, 0) is 16.6 Å². The molecule has 0 amide bonds. The molecular formula is C22H25NO3. The Morgan fingerprint density at radius 3 is 2.92 bits per heavy atom. The van der Waals surface area contributed by atoms with Crippen molar-refractivity contribution in [3.8, 4) is 11.5 Å². The minimum Gasteiger partial charge on any atom is -0.504 e. The summed E-state index contributed by atoms with van der Waals surface area (Å²) in [7, 11) is 2.22. The average molecular weight is 351 g/mol. The van der Waals surface area contributed by atoms with Gasteiger partial charge in [-0.15, -0.1) is 0 Å². The summed E-state index contributed by atoms with van der Waals surface area (Å²) < 4.78 is 6.58. The molecule has 0 aromatic heterocycles. The van der Waals surface area contributed by atoms with Crippen LogP contribution in [-0.4, -0.2) is 41.5 Å². The van der Waals surface area contributed by atoms with Gasteiger partial charge in [0.05, 0.1) is 0 Å². The number of nitrogens with zero attached hydrogens (tertiary/aromatic N) is 1. The van der Waals surface area contributed by atoms with Crippen LogP contribution in [0, 0.1) is 16.7 Å². The van der Waals surface area contributed by atoms with Crippen molar-refractivity contribution in [2.75, 3.05) is 13.6 Å². The number of phenols is 1. The molecule has 4 bridgehead atoms. The fraction of sp³-hybridized carbons (Fsp3) is 0.591. The van der Waals surface area contributed by atoms with Crippen molar-refractivity contribution >= 4 is 5.78 Å². The maximum absolute atomic E-state index is 12.6. The number of benzene rings is 1. The quantitative estimate of drug-likeness (QED) is 0.791. The van der Waals surface area contributed by atoms with Crippen molar-refractivity contribution in [1.82, 2.24) is 4.90 Å². The molecule has 1 saturated heterocycles. The average Bonchev–Trinajstić information content (AvgIpc) is 2.98. The van der Waals surface area contributed by atoms with Crippen LogP contribution in [0.2, 0.25) is 0 Å². The highest BCUT2D eigenvalue weighted by atomic mass is 16.5. The van der Waals surface area contributed by atoms with E-state index in [1.54, 1.807) is 13.0 Å². The Bertz CT molecular complexity index is 907. The van der Waals surface area contributed by atoms with Crippen molar-refractivity contribution in [3.05, 3.63) is 35.4 Å². The largest absolute Gasteiger partial charge is 0.504 e. The maximum atomic E-state index is 12.6. The maximum Gasteiger partial charge on any atom is 0.165 e. The molecule has 2 heterocycles. The molecule has 4 heteroatoms. The van der Waals surface area contributed by atoms with E-state index in [0.717, 1.165) is 25.8 Å². The van der Waals surface area contributed by atoms with E-state index >= 15 is 0 Å². The van der Waals surface area contributed by atoms with E-state index in [4.69, 9.17) is 4.74 Å². The Morgan fingerprint density at radius 1 is 1.35 bits per heavy atom. The second-order valence-corrected chi connectivity index (χ2v) is 9.47. The van der Waals surface area contributed by atoms with Gasteiger partial charge in [-0.1, -0.05) is 25.1 Å². The zero-order chi connectivity index (χ0) is 18.1. The van der Waals surface area contributed by atoms with Crippen LogP contribution in [0.25, 0.3) is 0 Å². The zero-order valence-corrected chi connectivity index (χ0v) is 15.6. The molecule has 7 rings (SSSR count). The lowest BCUT2D eigenvalue weighted by atomic mass is 9.35. The van der Waals surface area contributed by atoms with Crippen LogP contribution in [0.4, 0.5) is 0 Å². The summed E-state index contributed by atoms with van der Waals surface area (Å²) in [4.78, 5) is 15.1. The predicted molar refractivity (Wildman–Crippen MR) is 97.4 cm³/mol. The number of Topliss-reactive ketones (excluding diaryl/α,β-unsaturated/α-hetero) is 1. The lowest BCUT2D eigenvalue weighted by Gasteiger charge is -2.71. The Kier molecular flexibility index (Phi) is 2.46. The first-order valence-corrected chi connectivity index (χ1v) is 9.78. The molecule has 136 valence electrons. The fourth-order valence-corrected chi connectivity index (χ4v) is 7.61. The van der Waals surface area contributed by atoms with E-state index < -0.39 is 0 Å². The summed E-state index contributed by atoms with van der Waals surface area (Å²) in [6.07, 6.45) is 7.54. The van der Waals surface area contributed by atoms with Crippen LogP contribution < -0.4 is 4.74 Å². The Balaban J connectivity index is 1.73. The fourth-order valence-electron chi connectivity index (χ4n) is 7.61. The molecule has 2 aliphatic heterocycles. The number of likely N-dealkylation sites (N-methyl/N-ethyl adjacent to an activating group) is 1. The molecule has 1 aromatic rings. The van der Waals surface area contributed by atoms with Crippen molar-refractivity contribution < 1.29 is 14.6 Å². The Morgan fingerprint density at radius 2 is 2.15 bits per heavy atom. The SMILES string of the molecule is CC(=O)[C@@H]1C[C@@]23C=C[C@]1(C)[C@@H]1Oc4c(O)ccc5c4[C@@]12CCN(C)[C@@H]3C5. The monoisotopic (exact) mass is 351 g/mol.